The summed E-state index contributed by atoms with van der Waals surface area (Å²) in [6, 6.07) is 5.94. The number of hydrogen-bond donors (Lipinski definition) is 1. The molecule has 1 aliphatic rings. The fourth-order valence-corrected chi connectivity index (χ4v) is 2.84. The van der Waals surface area contributed by atoms with E-state index in [0.717, 1.165) is 50.6 Å². The number of aromatic nitrogens is 1. The molecule has 0 aromatic carbocycles. The number of piperidine rings is 1. The summed E-state index contributed by atoms with van der Waals surface area (Å²) in [5.41, 5.74) is 1.05. The molecule has 0 spiro atoms. The van der Waals surface area contributed by atoms with Crippen LogP contribution in [0, 0.1) is 5.92 Å². The molecule has 0 atom stereocenters. The predicted octanol–water partition coefficient (Wildman–Crippen LogP) is 2.48. The summed E-state index contributed by atoms with van der Waals surface area (Å²) >= 11 is 0. The fraction of sp³-hybridized carbons (Fsp3) is 0.611. The van der Waals surface area contributed by atoms with Crippen LogP contribution in [0.5, 0.6) is 0 Å². The lowest BCUT2D eigenvalue weighted by atomic mass is 9.97. The van der Waals surface area contributed by atoms with E-state index in [2.05, 4.69) is 22.1 Å². The molecule has 2 rings (SSSR count). The predicted molar refractivity (Wildman–Crippen MR) is 110 cm³/mol. The molecule has 0 unspecified atom stereocenters. The normalized spacial score (nSPS) is 15.4. The van der Waals surface area contributed by atoms with Gasteiger partial charge in [-0.2, -0.15) is 0 Å². The van der Waals surface area contributed by atoms with Crippen LogP contribution in [0.25, 0.3) is 0 Å². The molecule has 140 valence electrons. The summed E-state index contributed by atoms with van der Waals surface area (Å²) in [4.78, 5) is 23.1. The molecule has 2 heterocycles. The highest BCUT2D eigenvalue weighted by Gasteiger charge is 2.27. The molecular weight excluding hydrogens is 431 g/mol. The van der Waals surface area contributed by atoms with Crippen molar-refractivity contribution in [3.05, 3.63) is 30.1 Å². The van der Waals surface area contributed by atoms with Gasteiger partial charge in [0.25, 0.3) is 0 Å². The summed E-state index contributed by atoms with van der Waals surface area (Å²) in [6.45, 7) is 7.58. The molecule has 25 heavy (non-hydrogen) atoms. The monoisotopic (exact) mass is 460 g/mol. The van der Waals surface area contributed by atoms with Crippen molar-refractivity contribution in [2.45, 2.75) is 33.1 Å². The number of aliphatic imine (C=N–C) groups is 1. The smallest absolute Gasteiger partial charge is 0.309 e. The Balaban J connectivity index is 0.00000312. The lowest BCUT2D eigenvalue weighted by Gasteiger charge is -2.33. The topological polar surface area (TPSA) is 66.8 Å². The number of rotatable bonds is 6. The lowest BCUT2D eigenvalue weighted by molar-refractivity contribution is -0.149. The summed E-state index contributed by atoms with van der Waals surface area (Å²) in [5.74, 6) is 0.891. The first-order chi connectivity index (χ1) is 11.7. The zero-order valence-electron chi connectivity index (χ0n) is 15.1. The Labute approximate surface area is 167 Å². The van der Waals surface area contributed by atoms with Gasteiger partial charge < -0.3 is 15.0 Å². The van der Waals surface area contributed by atoms with Gasteiger partial charge in [0.1, 0.15) is 0 Å². The van der Waals surface area contributed by atoms with E-state index in [1.54, 1.807) is 0 Å². The number of carbonyl (C=O) groups is 1. The Hall–Kier alpha value is -1.38. The minimum absolute atomic E-state index is 0. The van der Waals surface area contributed by atoms with Crippen molar-refractivity contribution in [1.82, 2.24) is 15.2 Å². The Bertz CT molecular complexity index is 531. The number of hydrogen-bond acceptors (Lipinski definition) is 4. The van der Waals surface area contributed by atoms with Crippen molar-refractivity contribution < 1.29 is 9.53 Å². The van der Waals surface area contributed by atoms with Gasteiger partial charge in [0.15, 0.2) is 5.96 Å². The molecule has 1 aromatic rings. The first-order valence-corrected chi connectivity index (χ1v) is 8.84. The van der Waals surface area contributed by atoms with E-state index in [-0.39, 0.29) is 35.9 Å². The molecule has 6 nitrogen and oxygen atoms in total. The Morgan fingerprint density at radius 3 is 2.72 bits per heavy atom. The second-order valence-corrected chi connectivity index (χ2v) is 5.82. The number of nitrogens with zero attached hydrogens (tertiary/aromatic N) is 3. The number of carbonyl (C=O) groups excluding carboxylic acids is 1. The fourth-order valence-electron chi connectivity index (χ4n) is 2.84. The third-order valence-corrected chi connectivity index (χ3v) is 4.10. The van der Waals surface area contributed by atoms with Crippen LogP contribution in [0.15, 0.2) is 29.4 Å². The van der Waals surface area contributed by atoms with E-state index in [1.165, 1.54) is 0 Å². The van der Waals surface area contributed by atoms with Gasteiger partial charge in [-0.25, -0.2) is 0 Å². The highest BCUT2D eigenvalue weighted by molar-refractivity contribution is 14.0. The first kappa shape index (κ1) is 21.7. The quantitative estimate of drug-likeness (QED) is 0.306. The largest absolute Gasteiger partial charge is 0.466 e. The second-order valence-electron chi connectivity index (χ2n) is 5.82. The van der Waals surface area contributed by atoms with Crippen molar-refractivity contribution in [2.75, 3.05) is 32.8 Å². The van der Waals surface area contributed by atoms with Gasteiger partial charge in [-0.3, -0.25) is 14.8 Å². The summed E-state index contributed by atoms with van der Waals surface area (Å²) in [6.07, 6.45) is 4.28. The highest BCUT2D eigenvalue weighted by Crippen LogP contribution is 2.18. The molecule has 0 bridgehead atoms. The van der Waals surface area contributed by atoms with Gasteiger partial charge >= 0.3 is 5.97 Å². The van der Waals surface area contributed by atoms with Crippen LogP contribution in [0.1, 0.15) is 32.4 Å². The number of nitrogens with one attached hydrogen (secondary N) is 1. The van der Waals surface area contributed by atoms with Gasteiger partial charge in [0.05, 0.1) is 12.5 Å². The van der Waals surface area contributed by atoms with Gasteiger partial charge in [0, 0.05) is 44.5 Å². The summed E-state index contributed by atoms with van der Waals surface area (Å²) in [7, 11) is 0. The molecule has 0 saturated carbocycles. The number of likely N-dealkylation sites (tertiary alicyclic amines) is 1. The van der Waals surface area contributed by atoms with Crippen LogP contribution in [-0.4, -0.2) is 54.6 Å². The van der Waals surface area contributed by atoms with E-state index in [1.807, 2.05) is 31.3 Å². The average Bonchev–Trinajstić information content (AvgIpc) is 2.62. The van der Waals surface area contributed by atoms with Crippen molar-refractivity contribution in [2.24, 2.45) is 10.9 Å². The van der Waals surface area contributed by atoms with Crippen LogP contribution in [0.2, 0.25) is 0 Å². The molecule has 1 fully saturated rings. The van der Waals surface area contributed by atoms with Crippen LogP contribution in [-0.2, 0) is 16.0 Å². The van der Waals surface area contributed by atoms with Crippen LogP contribution in [0.3, 0.4) is 0 Å². The summed E-state index contributed by atoms with van der Waals surface area (Å²) in [5, 5.41) is 3.35. The van der Waals surface area contributed by atoms with Crippen molar-refractivity contribution >= 4 is 35.9 Å². The molecule has 1 N–H and O–H groups in total. The minimum Gasteiger partial charge on any atom is -0.466 e. The third-order valence-electron chi connectivity index (χ3n) is 4.10. The maximum atomic E-state index is 11.8. The van der Waals surface area contributed by atoms with E-state index < -0.39 is 0 Å². The Morgan fingerprint density at radius 1 is 1.36 bits per heavy atom. The van der Waals surface area contributed by atoms with Gasteiger partial charge in [-0.05, 0) is 38.8 Å². The van der Waals surface area contributed by atoms with Crippen molar-refractivity contribution in [1.29, 1.82) is 0 Å². The zero-order valence-corrected chi connectivity index (χ0v) is 17.4. The van der Waals surface area contributed by atoms with E-state index in [9.17, 15) is 4.79 Å². The standard InChI is InChI=1S/C18H28N4O2.HI/c1-3-19-18(21-12-8-16-7-5-6-11-20-16)22-13-9-15(10-14-22)17(23)24-4-2;/h5-7,11,15H,3-4,8-10,12-14H2,1-2H3,(H,19,21);1H. The first-order valence-electron chi connectivity index (χ1n) is 8.84. The second kappa shape index (κ2) is 12.1. The molecule has 0 radical (unpaired) electrons. The number of esters is 1. The Morgan fingerprint density at radius 2 is 2.12 bits per heavy atom. The number of ether oxygens (including phenoxy) is 1. The van der Waals surface area contributed by atoms with Crippen molar-refractivity contribution in [3.63, 3.8) is 0 Å². The highest BCUT2D eigenvalue weighted by atomic mass is 127. The zero-order chi connectivity index (χ0) is 17.2. The van der Waals surface area contributed by atoms with Gasteiger partial charge in [-0.1, -0.05) is 6.07 Å². The van der Waals surface area contributed by atoms with E-state index in [0.29, 0.717) is 13.2 Å². The number of pyridine rings is 1. The van der Waals surface area contributed by atoms with E-state index in [4.69, 9.17) is 9.73 Å². The van der Waals surface area contributed by atoms with Crippen LogP contribution in [0.4, 0.5) is 0 Å². The number of guanidine groups is 1. The van der Waals surface area contributed by atoms with Crippen LogP contribution < -0.4 is 5.32 Å². The van der Waals surface area contributed by atoms with Gasteiger partial charge in [-0.15, -0.1) is 24.0 Å². The SMILES string of the molecule is CCNC(=NCCc1ccccn1)N1CCC(C(=O)OCC)CC1.I. The minimum atomic E-state index is -0.0609. The Kier molecular flexibility index (Phi) is 10.4. The lowest BCUT2D eigenvalue weighted by Crippen LogP contribution is -2.46. The average molecular weight is 460 g/mol. The molecule has 0 amide bonds. The molecule has 0 aliphatic carbocycles. The molecule has 1 aliphatic heterocycles. The molecular formula is C18H29IN4O2. The van der Waals surface area contributed by atoms with Crippen LogP contribution >= 0.6 is 24.0 Å². The van der Waals surface area contributed by atoms with Crippen molar-refractivity contribution in [3.8, 4) is 0 Å². The maximum Gasteiger partial charge on any atom is 0.309 e. The maximum absolute atomic E-state index is 11.8. The van der Waals surface area contributed by atoms with E-state index >= 15 is 0 Å². The molecule has 1 aromatic heterocycles. The van der Waals surface area contributed by atoms with Gasteiger partial charge in [0.2, 0.25) is 0 Å². The summed E-state index contributed by atoms with van der Waals surface area (Å²) < 4.78 is 5.13. The molecule has 1 saturated heterocycles. The third kappa shape index (κ3) is 7.17. The molecule has 7 heteroatoms. The number of halogens is 1.